The number of nitrogens with two attached hydrogens (primary N) is 1. The molecule has 68 valence electrons. The van der Waals surface area contributed by atoms with E-state index in [1.807, 2.05) is 5.32 Å². The van der Waals surface area contributed by atoms with Gasteiger partial charge in [-0.3, -0.25) is 14.9 Å². The van der Waals surface area contributed by atoms with Gasteiger partial charge in [0.05, 0.1) is 6.61 Å². The first kappa shape index (κ1) is 10.8. The molecule has 0 aliphatic heterocycles. The molecule has 5 heteroatoms. The van der Waals surface area contributed by atoms with Crippen LogP contribution in [0.3, 0.4) is 0 Å². The van der Waals surface area contributed by atoms with Crippen molar-refractivity contribution < 1.29 is 14.7 Å². The topological polar surface area (TPSA) is 92.4 Å². The lowest BCUT2D eigenvalue weighted by Gasteiger charge is -2.07. The van der Waals surface area contributed by atoms with Crippen LogP contribution in [-0.4, -0.2) is 29.6 Å². The predicted molar refractivity (Wildman–Crippen MR) is 43.0 cm³/mol. The van der Waals surface area contributed by atoms with Crippen LogP contribution in [0.15, 0.2) is 12.2 Å². The molecule has 0 aliphatic carbocycles. The van der Waals surface area contributed by atoms with Crippen LogP contribution in [0.4, 0.5) is 0 Å². The van der Waals surface area contributed by atoms with E-state index in [9.17, 15) is 9.59 Å². The molecule has 12 heavy (non-hydrogen) atoms. The van der Waals surface area contributed by atoms with E-state index in [1.165, 1.54) is 6.92 Å². The van der Waals surface area contributed by atoms with Crippen LogP contribution >= 0.6 is 0 Å². The van der Waals surface area contributed by atoms with Crippen LogP contribution in [0.2, 0.25) is 0 Å². The molecule has 0 aromatic rings. The Morgan fingerprint density at radius 1 is 1.67 bits per heavy atom. The number of rotatable bonds is 3. The minimum Gasteiger partial charge on any atom is -0.394 e. The zero-order valence-corrected chi connectivity index (χ0v) is 6.83. The molecule has 0 fully saturated rings. The average Bonchev–Trinajstić information content (AvgIpc) is 2.02. The fourth-order valence-corrected chi connectivity index (χ4v) is 0.394. The summed E-state index contributed by atoms with van der Waals surface area (Å²) in [7, 11) is 0. The third-order valence-electron chi connectivity index (χ3n) is 1.16. The van der Waals surface area contributed by atoms with Gasteiger partial charge in [-0.1, -0.05) is 6.58 Å². The zero-order chi connectivity index (χ0) is 9.72. The number of imide groups is 1. The molecule has 0 aliphatic rings. The lowest BCUT2D eigenvalue weighted by molar-refractivity contribution is -0.129. The number of hydrogen-bond donors (Lipinski definition) is 3. The van der Waals surface area contributed by atoms with Gasteiger partial charge in [0.25, 0.3) is 5.91 Å². The van der Waals surface area contributed by atoms with Crippen LogP contribution in [0.5, 0.6) is 0 Å². The second kappa shape index (κ2) is 4.63. The summed E-state index contributed by atoms with van der Waals surface area (Å²) in [6.07, 6.45) is 0. The maximum Gasteiger partial charge on any atom is 0.252 e. The van der Waals surface area contributed by atoms with Crippen LogP contribution < -0.4 is 11.1 Å². The largest absolute Gasteiger partial charge is 0.394 e. The molecule has 0 spiro atoms. The molecule has 0 aromatic heterocycles. The van der Waals surface area contributed by atoms with Crippen molar-refractivity contribution in [1.29, 1.82) is 0 Å². The molecule has 1 atom stereocenters. The van der Waals surface area contributed by atoms with Crippen LogP contribution in [0.1, 0.15) is 6.92 Å². The first-order chi connectivity index (χ1) is 5.49. The van der Waals surface area contributed by atoms with Gasteiger partial charge in [0.2, 0.25) is 5.91 Å². The number of carbonyl (C=O) groups excluding carboxylic acids is 2. The van der Waals surface area contributed by atoms with Crippen molar-refractivity contribution in [3.05, 3.63) is 12.2 Å². The van der Waals surface area contributed by atoms with Crippen molar-refractivity contribution in [2.45, 2.75) is 13.0 Å². The molecular weight excluding hydrogens is 160 g/mol. The third kappa shape index (κ3) is 3.27. The smallest absolute Gasteiger partial charge is 0.252 e. The Hall–Kier alpha value is -1.20. The van der Waals surface area contributed by atoms with Gasteiger partial charge in [0, 0.05) is 5.57 Å². The molecule has 0 rings (SSSR count). The summed E-state index contributed by atoms with van der Waals surface area (Å²) in [6.45, 7) is 4.30. The van der Waals surface area contributed by atoms with Crippen molar-refractivity contribution in [2.75, 3.05) is 6.61 Å². The predicted octanol–water partition coefficient (Wildman–Crippen LogP) is -1.48. The molecule has 2 amide bonds. The normalized spacial score (nSPS) is 11.9. The summed E-state index contributed by atoms with van der Waals surface area (Å²) in [5.41, 5.74) is 5.34. The number of aliphatic hydroxyl groups excluding tert-OH is 1. The van der Waals surface area contributed by atoms with Gasteiger partial charge in [-0.2, -0.15) is 0 Å². The molecule has 0 aromatic carbocycles. The summed E-state index contributed by atoms with van der Waals surface area (Å²) < 4.78 is 0. The second-order valence-corrected chi connectivity index (χ2v) is 2.39. The average molecular weight is 172 g/mol. The third-order valence-corrected chi connectivity index (χ3v) is 1.16. The van der Waals surface area contributed by atoms with E-state index in [0.717, 1.165) is 0 Å². The SMILES string of the molecule is C=C(C)C(=O)NC(=O)[C@@H](N)CO. The van der Waals surface area contributed by atoms with Gasteiger partial charge in [-0.25, -0.2) is 0 Å². The monoisotopic (exact) mass is 172 g/mol. The number of amides is 2. The zero-order valence-electron chi connectivity index (χ0n) is 6.83. The molecule has 5 nitrogen and oxygen atoms in total. The fourth-order valence-electron chi connectivity index (χ4n) is 0.394. The molecule has 0 unspecified atom stereocenters. The van der Waals surface area contributed by atoms with Crippen LogP contribution in [-0.2, 0) is 9.59 Å². The van der Waals surface area contributed by atoms with Crippen molar-refractivity contribution in [2.24, 2.45) is 5.73 Å². The van der Waals surface area contributed by atoms with E-state index >= 15 is 0 Å². The van der Waals surface area contributed by atoms with Crippen LogP contribution in [0, 0.1) is 0 Å². The van der Waals surface area contributed by atoms with Gasteiger partial charge in [-0.15, -0.1) is 0 Å². The van der Waals surface area contributed by atoms with E-state index in [2.05, 4.69) is 6.58 Å². The van der Waals surface area contributed by atoms with Crippen molar-refractivity contribution in [1.82, 2.24) is 5.32 Å². The van der Waals surface area contributed by atoms with Crippen molar-refractivity contribution in [3.8, 4) is 0 Å². The van der Waals surface area contributed by atoms with Crippen LogP contribution in [0.25, 0.3) is 0 Å². The van der Waals surface area contributed by atoms with E-state index in [4.69, 9.17) is 10.8 Å². The number of carbonyl (C=O) groups is 2. The highest BCUT2D eigenvalue weighted by molar-refractivity contribution is 6.04. The molecule has 0 saturated heterocycles. The molecular formula is C7H12N2O3. The summed E-state index contributed by atoms with van der Waals surface area (Å²) in [4.78, 5) is 21.6. The highest BCUT2D eigenvalue weighted by atomic mass is 16.3. The maximum atomic E-state index is 10.8. The van der Waals surface area contributed by atoms with Gasteiger partial charge >= 0.3 is 0 Å². The minimum atomic E-state index is -1.06. The van der Waals surface area contributed by atoms with Gasteiger partial charge in [0.15, 0.2) is 0 Å². The quantitative estimate of drug-likeness (QED) is 0.453. The summed E-state index contributed by atoms with van der Waals surface area (Å²) in [5.74, 6) is -1.28. The summed E-state index contributed by atoms with van der Waals surface area (Å²) in [6, 6.07) is -1.06. The van der Waals surface area contributed by atoms with Crippen molar-refractivity contribution >= 4 is 11.8 Å². The first-order valence-corrected chi connectivity index (χ1v) is 3.36. The Morgan fingerprint density at radius 2 is 2.17 bits per heavy atom. The number of aliphatic hydroxyl groups is 1. The number of nitrogens with one attached hydrogen (secondary N) is 1. The van der Waals surface area contributed by atoms with E-state index in [-0.39, 0.29) is 5.57 Å². The molecule has 0 saturated carbocycles. The van der Waals surface area contributed by atoms with Gasteiger partial charge < -0.3 is 10.8 Å². The molecule has 0 heterocycles. The Balaban J connectivity index is 4.01. The second-order valence-electron chi connectivity index (χ2n) is 2.39. The lowest BCUT2D eigenvalue weighted by atomic mass is 10.3. The minimum absolute atomic E-state index is 0.216. The van der Waals surface area contributed by atoms with E-state index in [0.29, 0.717) is 0 Å². The summed E-state index contributed by atoms with van der Waals surface area (Å²) in [5, 5.41) is 10.4. The van der Waals surface area contributed by atoms with Crippen molar-refractivity contribution in [3.63, 3.8) is 0 Å². The fraction of sp³-hybridized carbons (Fsp3) is 0.429. The first-order valence-electron chi connectivity index (χ1n) is 3.36. The van der Waals surface area contributed by atoms with Gasteiger partial charge in [0.1, 0.15) is 6.04 Å². The maximum absolute atomic E-state index is 10.8. The Labute approximate surface area is 70.2 Å². The van der Waals surface area contributed by atoms with E-state index in [1.54, 1.807) is 0 Å². The van der Waals surface area contributed by atoms with Gasteiger partial charge in [-0.05, 0) is 6.92 Å². The molecule has 0 radical (unpaired) electrons. The standard InChI is InChI=1S/C7H12N2O3/c1-4(2)6(11)9-7(12)5(8)3-10/h5,10H,1,3,8H2,2H3,(H,9,11,12)/t5-/m0/s1. The Kier molecular flexibility index (Phi) is 4.17. The Morgan fingerprint density at radius 3 is 2.50 bits per heavy atom. The highest BCUT2D eigenvalue weighted by Crippen LogP contribution is 1.86. The molecule has 0 bridgehead atoms. The molecule has 4 N–H and O–H groups in total. The number of hydrogen-bond acceptors (Lipinski definition) is 4. The Bertz CT molecular complexity index is 213. The summed E-state index contributed by atoms with van der Waals surface area (Å²) >= 11 is 0. The van der Waals surface area contributed by atoms with E-state index < -0.39 is 24.5 Å². The highest BCUT2D eigenvalue weighted by Gasteiger charge is 2.14. The lowest BCUT2D eigenvalue weighted by Crippen LogP contribution is -2.45.